The maximum Gasteiger partial charge on any atom is 0.320 e. The van der Waals surface area contributed by atoms with E-state index in [1.54, 1.807) is 0 Å². The lowest BCUT2D eigenvalue weighted by atomic mass is 9.96. The van der Waals surface area contributed by atoms with Crippen LogP contribution in [0.2, 0.25) is 0 Å². The van der Waals surface area contributed by atoms with E-state index in [9.17, 15) is 0 Å². The van der Waals surface area contributed by atoms with Gasteiger partial charge in [0.1, 0.15) is 11.6 Å². The minimum Gasteiger partial charge on any atom is -0.463 e. The van der Waals surface area contributed by atoms with Crippen LogP contribution in [0.3, 0.4) is 0 Å². The van der Waals surface area contributed by atoms with Crippen molar-refractivity contribution in [1.82, 2.24) is 14.9 Å². The number of benzene rings is 1. The number of ether oxygens (including phenoxy) is 1. The van der Waals surface area contributed by atoms with Gasteiger partial charge in [0.05, 0.1) is 6.61 Å². The molecule has 170 valence electrons. The van der Waals surface area contributed by atoms with Gasteiger partial charge in [-0.15, -0.1) is 0 Å². The molecule has 0 spiro atoms. The fourth-order valence-electron chi connectivity index (χ4n) is 4.86. The Bertz CT molecular complexity index is 1000. The maximum atomic E-state index is 6.30. The number of nitrogen functional groups attached to an aromatic ring is 1. The Morgan fingerprint density at radius 3 is 2.88 bits per heavy atom. The molecule has 5 rings (SSSR count). The average molecular weight is 434 g/mol. The summed E-state index contributed by atoms with van der Waals surface area (Å²) in [5, 5.41) is 0. The topological polar surface area (TPSA) is 67.5 Å². The highest BCUT2D eigenvalue weighted by atomic mass is 16.5. The monoisotopic (exact) mass is 433 g/mol. The van der Waals surface area contributed by atoms with Crippen LogP contribution in [0.5, 0.6) is 6.01 Å². The minimum absolute atomic E-state index is 0.383. The van der Waals surface area contributed by atoms with E-state index in [1.807, 2.05) is 0 Å². The zero-order chi connectivity index (χ0) is 22.1. The van der Waals surface area contributed by atoms with Crippen LogP contribution >= 0.6 is 0 Å². The van der Waals surface area contributed by atoms with Gasteiger partial charge in [-0.1, -0.05) is 43.7 Å². The number of nitrogens with two attached hydrogens (primary N) is 1. The Kier molecular flexibility index (Phi) is 6.05. The SMILES string of the molecule is C=C1Cc2c(N)nc(OCCCC)nc2N(Cc2ccc3c(c2)CCN(CC2CC2)C3)C1. The summed E-state index contributed by atoms with van der Waals surface area (Å²) in [5.41, 5.74) is 12.7. The Balaban J connectivity index is 1.34. The molecule has 3 heterocycles. The molecule has 0 amide bonds. The number of hydrogen-bond donors (Lipinski definition) is 1. The molecule has 2 aliphatic heterocycles. The lowest BCUT2D eigenvalue weighted by Crippen LogP contribution is -2.33. The second kappa shape index (κ2) is 9.10. The molecule has 0 saturated heterocycles. The van der Waals surface area contributed by atoms with E-state index in [4.69, 9.17) is 15.5 Å². The molecule has 0 atom stereocenters. The first-order valence-electron chi connectivity index (χ1n) is 12.1. The van der Waals surface area contributed by atoms with E-state index < -0.39 is 0 Å². The van der Waals surface area contributed by atoms with Gasteiger partial charge in [-0.25, -0.2) is 0 Å². The van der Waals surface area contributed by atoms with E-state index in [0.29, 0.717) is 18.4 Å². The molecule has 1 aliphatic carbocycles. The summed E-state index contributed by atoms with van der Waals surface area (Å²) in [7, 11) is 0. The summed E-state index contributed by atoms with van der Waals surface area (Å²) in [5.74, 6) is 2.35. The first kappa shape index (κ1) is 21.3. The van der Waals surface area contributed by atoms with Gasteiger partial charge in [0.25, 0.3) is 0 Å². The van der Waals surface area contributed by atoms with Crippen molar-refractivity contribution in [2.75, 3.05) is 36.9 Å². The smallest absolute Gasteiger partial charge is 0.320 e. The number of anilines is 2. The summed E-state index contributed by atoms with van der Waals surface area (Å²) in [6.07, 6.45) is 6.77. The largest absolute Gasteiger partial charge is 0.463 e. The predicted octanol–water partition coefficient (Wildman–Crippen LogP) is 4.12. The molecule has 32 heavy (non-hydrogen) atoms. The molecule has 1 saturated carbocycles. The first-order chi connectivity index (χ1) is 15.6. The minimum atomic E-state index is 0.383. The third-order valence-electron chi connectivity index (χ3n) is 6.82. The van der Waals surface area contributed by atoms with Crippen LogP contribution in [0.1, 0.15) is 54.9 Å². The van der Waals surface area contributed by atoms with Gasteiger partial charge in [0, 0.05) is 44.7 Å². The van der Waals surface area contributed by atoms with Gasteiger partial charge in [-0.05, 0) is 48.3 Å². The summed E-state index contributed by atoms with van der Waals surface area (Å²) < 4.78 is 5.78. The van der Waals surface area contributed by atoms with Gasteiger partial charge < -0.3 is 15.4 Å². The van der Waals surface area contributed by atoms with Crippen molar-refractivity contribution in [3.8, 4) is 6.01 Å². The van der Waals surface area contributed by atoms with Crippen molar-refractivity contribution >= 4 is 11.6 Å². The normalized spacial score (nSPS) is 18.4. The van der Waals surface area contributed by atoms with E-state index in [0.717, 1.165) is 68.2 Å². The number of nitrogens with zero attached hydrogens (tertiary/aromatic N) is 4. The van der Waals surface area contributed by atoms with Gasteiger partial charge in [0.15, 0.2) is 0 Å². The van der Waals surface area contributed by atoms with E-state index >= 15 is 0 Å². The summed E-state index contributed by atoms with van der Waals surface area (Å²) in [6.45, 7) is 12.1. The summed E-state index contributed by atoms with van der Waals surface area (Å²) >= 11 is 0. The van der Waals surface area contributed by atoms with Gasteiger partial charge in [-0.2, -0.15) is 9.97 Å². The van der Waals surface area contributed by atoms with Crippen LogP contribution in [0.25, 0.3) is 0 Å². The molecule has 1 fully saturated rings. The molecule has 1 aromatic carbocycles. The van der Waals surface area contributed by atoms with Crippen LogP contribution < -0.4 is 15.4 Å². The van der Waals surface area contributed by atoms with Crippen molar-refractivity contribution < 1.29 is 4.74 Å². The highest BCUT2D eigenvalue weighted by Crippen LogP contribution is 2.34. The zero-order valence-corrected chi connectivity index (χ0v) is 19.3. The average Bonchev–Trinajstić information content (AvgIpc) is 3.59. The molecule has 0 radical (unpaired) electrons. The molecular formula is C26H35N5O. The van der Waals surface area contributed by atoms with Crippen molar-refractivity contribution in [3.63, 3.8) is 0 Å². The number of unbranched alkanes of at least 4 members (excludes halogenated alkanes) is 1. The van der Waals surface area contributed by atoms with Gasteiger partial charge >= 0.3 is 6.01 Å². The highest BCUT2D eigenvalue weighted by molar-refractivity contribution is 5.62. The van der Waals surface area contributed by atoms with Crippen molar-refractivity contribution in [3.05, 3.63) is 52.6 Å². The number of fused-ring (bicyclic) bond motifs is 2. The standard InChI is InChI=1S/C26H35N5O/c1-3-4-11-32-26-28-24(27)23-12-18(2)14-31(25(23)29-26)16-20-7-8-22-17-30(15-19-5-6-19)10-9-21(22)13-20/h7-8,13,19H,2-6,9-12,14-17H2,1H3,(H2,27,28,29). The van der Waals surface area contributed by atoms with Crippen molar-refractivity contribution in [1.29, 1.82) is 0 Å². The molecule has 1 aromatic heterocycles. The Morgan fingerprint density at radius 1 is 1.19 bits per heavy atom. The fourth-order valence-corrected chi connectivity index (χ4v) is 4.86. The van der Waals surface area contributed by atoms with Crippen molar-refractivity contribution in [2.45, 2.75) is 58.5 Å². The maximum absolute atomic E-state index is 6.30. The molecule has 2 N–H and O–H groups in total. The summed E-state index contributed by atoms with van der Waals surface area (Å²) in [6, 6.07) is 7.38. The number of rotatable bonds is 8. The molecule has 0 bridgehead atoms. The molecular weight excluding hydrogens is 398 g/mol. The van der Waals surface area contributed by atoms with E-state index in [-0.39, 0.29) is 0 Å². The molecule has 0 unspecified atom stereocenters. The summed E-state index contributed by atoms with van der Waals surface area (Å²) in [4.78, 5) is 14.1. The van der Waals surface area contributed by atoms with Crippen LogP contribution in [-0.2, 0) is 25.9 Å². The predicted molar refractivity (Wildman–Crippen MR) is 129 cm³/mol. The Hall–Kier alpha value is -2.60. The second-order valence-electron chi connectivity index (χ2n) is 9.71. The van der Waals surface area contributed by atoms with Crippen LogP contribution in [-0.4, -0.2) is 41.1 Å². The quantitative estimate of drug-likeness (QED) is 0.499. The van der Waals surface area contributed by atoms with E-state index in [2.05, 4.69) is 46.5 Å². The van der Waals surface area contributed by atoms with E-state index in [1.165, 1.54) is 42.6 Å². The third kappa shape index (κ3) is 4.75. The van der Waals surface area contributed by atoms with Crippen molar-refractivity contribution in [2.24, 2.45) is 5.92 Å². The first-order valence-corrected chi connectivity index (χ1v) is 12.1. The third-order valence-corrected chi connectivity index (χ3v) is 6.82. The van der Waals surface area contributed by atoms with Crippen LogP contribution in [0.15, 0.2) is 30.4 Å². The molecule has 2 aromatic rings. The number of aromatic nitrogens is 2. The second-order valence-corrected chi connectivity index (χ2v) is 9.71. The van der Waals surface area contributed by atoms with Gasteiger partial charge in [0.2, 0.25) is 0 Å². The van der Waals surface area contributed by atoms with Crippen LogP contribution in [0.4, 0.5) is 11.6 Å². The molecule has 3 aliphatic rings. The highest BCUT2D eigenvalue weighted by Gasteiger charge is 2.27. The fraction of sp³-hybridized carbons (Fsp3) is 0.538. The number of hydrogen-bond acceptors (Lipinski definition) is 6. The lowest BCUT2D eigenvalue weighted by Gasteiger charge is -2.33. The van der Waals surface area contributed by atoms with Crippen LogP contribution in [0, 0.1) is 5.92 Å². The zero-order valence-electron chi connectivity index (χ0n) is 19.3. The molecule has 6 heteroatoms. The molecule has 6 nitrogen and oxygen atoms in total. The Morgan fingerprint density at radius 2 is 2.06 bits per heavy atom. The lowest BCUT2D eigenvalue weighted by molar-refractivity contribution is 0.244. The Labute approximate surface area is 191 Å². The van der Waals surface area contributed by atoms with Gasteiger partial charge in [-0.3, -0.25) is 4.90 Å².